The Hall–Kier alpha value is -3.73. The molecule has 0 saturated carbocycles. The Morgan fingerprint density at radius 1 is 1.11 bits per heavy atom. The van der Waals surface area contributed by atoms with Crippen molar-refractivity contribution in [2.75, 3.05) is 5.32 Å². The van der Waals surface area contributed by atoms with E-state index < -0.39 is 4.92 Å². The third kappa shape index (κ3) is 3.42. The molecule has 140 valence electrons. The number of rotatable bonds is 4. The van der Waals surface area contributed by atoms with Crippen molar-refractivity contribution in [3.63, 3.8) is 0 Å². The lowest BCUT2D eigenvalue weighted by Gasteiger charge is -2.10. The molecule has 0 atom stereocenters. The van der Waals surface area contributed by atoms with E-state index in [4.69, 9.17) is 0 Å². The molecule has 1 aliphatic heterocycles. The number of fused-ring (bicyclic) bond motifs is 1. The highest BCUT2D eigenvalue weighted by Gasteiger charge is 2.16. The average molecular weight is 374 g/mol. The quantitative estimate of drug-likeness (QED) is 0.541. The second kappa shape index (κ2) is 7.48. The Bertz CT molecular complexity index is 1070. The number of nitro groups is 1. The zero-order chi connectivity index (χ0) is 19.5. The van der Waals surface area contributed by atoms with Gasteiger partial charge < -0.3 is 9.88 Å². The summed E-state index contributed by atoms with van der Waals surface area (Å²) < 4.78 is 2.19. The summed E-state index contributed by atoms with van der Waals surface area (Å²) in [5, 5.41) is 32.0. The monoisotopic (exact) mass is 374 g/mol. The van der Waals surface area contributed by atoms with Gasteiger partial charge in [-0.3, -0.25) is 10.1 Å². The molecular weight excluding hydrogens is 356 g/mol. The molecule has 1 N–H and O–H groups in total. The van der Waals surface area contributed by atoms with Crippen molar-refractivity contribution in [2.45, 2.75) is 32.2 Å². The van der Waals surface area contributed by atoms with Crippen molar-refractivity contribution in [3.05, 3.63) is 64.0 Å². The Morgan fingerprint density at radius 3 is 2.68 bits per heavy atom. The summed E-state index contributed by atoms with van der Waals surface area (Å²) in [6.45, 7) is 0.937. The van der Waals surface area contributed by atoms with Crippen LogP contribution in [0.1, 0.15) is 30.7 Å². The number of nitro benzene ring substituents is 1. The lowest BCUT2D eigenvalue weighted by atomic mass is 10.1. The van der Waals surface area contributed by atoms with Crippen LogP contribution < -0.4 is 5.32 Å². The van der Waals surface area contributed by atoms with Crippen LogP contribution in [-0.4, -0.2) is 19.7 Å². The van der Waals surface area contributed by atoms with E-state index in [1.54, 1.807) is 6.07 Å². The summed E-state index contributed by atoms with van der Waals surface area (Å²) in [6.07, 6.45) is 4.46. The van der Waals surface area contributed by atoms with Gasteiger partial charge in [0.25, 0.3) is 5.69 Å². The smallest absolute Gasteiger partial charge is 0.270 e. The first-order chi connectivity index (χ1) is 13.7. The molecule has 0 spiro atoms. The molecule has 2 aromatic carbocycles. The fraction of sp³-hybridized carbons (Fsp3) is 0.250. The maximum Gasteiger partial charge on any atom is 0.270 e. The van der Waals surface area contributed by atoms with Crippen molar-refractivity contribution in [1.82, 2.24) is 14.8 Å². The number of nitrogens with one attached hydrogen (secondary N) is 1. The van der Waals surface area contributed by atoms with Crippen molar-refractivity contribution in [2.24, 2.45) is 0 Å². The van der Waals surface area contributed by atoms with Crippen LogP contribution in [0.3, 0.4) is 0 Å². The van der Waals surface area contributed by atoms with Crippen molar-refractivity contribution in [1.29, 1.82) is 5.26 Å². The van der Waals surface area contributed by atoms with Gasteiger partial charge in [-0.25, -0.2) is 0 Å². The lowest BCUT2D eigenvalue weighted by molar-refractivity contribution is -0.384. The van der Waals surface area contributed by atoms with Crippen molar-refractivity contribution >= 4 is 17.1 Å². The van der Waals surface area contributed by atoms with Crippen LogP contribution in [0.25, 0.3) is 11.4 Å². The minimum Gasteiger partial charge on any atom is -0.354 e. The van der Waals surface area contributed by atoms with E-state index in [1.807, 2.05) is 30.3 Å². The number of aromatic nitrogens is 3. The molecule has 0 aliphatic carbocycles. The zero-order valence-corrected chi connectivity index (χ0v) is 15.1. The van der Waals surface area contributed by atoms with Gasteiger partial charge in [-0.1, -0.05) is 6.42 Å². The number of nitriles is 1. The topological polar surface area (TPSA) is 110 Å². The molecule has 0 radical (unpaired) electrons. The Labute approximate surface area is 161 Å². The molecular formula is C20H18N6O2. The van der Waals surface area contributed by atoms with Crippen molar-refractivity contribution in [3.8, 4) is 17.5 Å². The number of nitrogens with zero attached hydrogens (tertiary/aromatic N) is 5. The van der Waals surface area contributed by atoms with Gasteiger partial charge in [-0.2, -0.15) is 5.26 Å². The highest BCUT2D eigenvalue weighted by molar-refractivity contribution is 5.70. The van der Waals surface area contributed by atoms with E-state index in [9.17, 15) is 15.4 Å². The van der Waals surface area contributed by atoms with Crippen LogP contribution in [0.4, 0.5) is 17.1 Å². The number of aryl methyl sites for hydroxylation is 1. The van der Waals surface area contributed by atoms with Gasteiger partial charge in [0, 0.05) is 36.3 Å². The number of hydrogen-bond acceptors (Lipinski definition) is 6. The third-order valence-corrected chi connectivity index (χ3v) is 4.87. The predicted molar refractivity (Wildman–Crippen MR) is 104 cm³/mol. The van der Waals surface area contributed by atoms with Crippen LogP contribution >= 0.6 is 0 Å². The largest absolute Gasteiger partial charge is 0.354 e. The minimum atomic E-state index is -0.513. The Kier molecular flexibility index (Phi) is 4.72. The Morgan fingerprint density at radius 2 is 1.93 bits per heavy atom. The molecule has 1 aromatic heterocycles. The predicted octanol–water partition coefficient (Wildman–Crippen LogP) is 4.19. The average Bonchev–Trinajstić information content (AvgIpc) is 2.97. The maximum absolute atomic E-state index is 10.9. The Balaban J connectivity index is 1.57. The first-order valence-electron chi connectivity index (χ1n) is 9.14. The molecule has 0 unspecified atom stereocenters. The molecule has 3 aromatic rings. The highest BCUT2D eigenvalue weighted by Crippen LogP contribution is 2.27. The van der Waals surface area contributed by atoms with Crippen LogP contribution in [0.5, 0.6) is 0 Å². The van der Waals surface area contributed by atoms with Gasteiger partial charge in [0.1, 0.15) is 11.9 Å². The zero-order valence-electron chi connectivity index (χ0n) is 15.1. The van der Waals surface area contributed by atoms with E-state index in [0.29, 0.717) is 5.69 Å². The normalized spacial score (nSPS) is 13.2. The summed E-state index contributed by atoms with van der Waals surface area (Å²) in [6, 6.07) is 13.9. The fourth-order valence-corrected chi connectivity index (χ4v) is 3.40. The molecule has 28 heavy (non-hydrogen) atoms. The summed E-state index contributed by atoms with van der Waals surface area (Å²) in [5.74, 6) is 1.91. The minimum absolute atomic E-state index is 0.107. The summed E-state index contributed by atoms with van der Waals surface area (Å²) >= 11 is 0. The summed E-state index contributed by atoms with van der Waals surface area (Å²) in [5.41, 5.74) is 2.41. The molecule has 0 saturated heterocycles. The summed E-state index contributed by atoms with van der Waals surface area (Å²) in [7, 11) is 0. The van der Waals surface area contributed by atoms with Gasteiger partial charge in [0.15, 0.2) is 5.82 Å². The summed E-state index contributed by atoms with van der Waals surface area (Å²) in [4.78, 5) is 10.4. The second-order valence-corrected chi connectivity index (χ2v) is 6.70. The molecule has 8 heteroatoms. The standard InChI is InChI=1S/C20H18N6O2/c21-13-15-12-17(26(27)28)9-10-18(15)22-16-7-5-14(6-8-16)20-24-23-19-4-2-1-3-11-25(19)20/h5-10,12,22H,1-4,11H2. The highest BCUT2D eigenvalue weighted by atomic mass is 16.6. The van der Waals surface area contributed by atoms with Gasteiger partial charge in [0.05, 0.1) is 16.2 Å². The van der Waals surface area contributed by atoms with Crippen LogP contribution in [0.2, 0.25) is 0 Å². The first-order valence-corrected chi connectivity index (χ1v) is 9.14. The maximum atomic E-state index is 10.9. The molecule has 2 heterocycles. The van der Waals surface area contributed by atoms with Gasteiger partial charge in [-0.05, 0) is 43.2 Å². The molecule has 1 aliphatic rings. The third-order valence-electron chi connectivity index (χ3n) is 4.87. The fourth-order valence-electron chi connectivity index (χ4n) is 3.40. The second-order valence-electron chi connectivity index (χ2n) is 6.70. The van der Waals surface area contributed by atoms with Crippen LogP contribution in [-0.2, 0) is 13.0 Å². The SMILES string of the molecule is N#Cc1cc([N+](=O)[O-])ccc1Nc1ccc(-c2nnc3n2CCCCC3)cc1. The van der Waals surface area contributed by atoms with Gasteiger partial charge >= 0.3 is 0 Å². The van der Waals surface area contributed by atoms with E-state index in [0.717, 1.165) is 48.7 Å². The molecule has 4 rings (SSSR count). The van der Waals surface area contributed by atoms with E-state index in [1.165, 1.54) is 18.6 Å². The number of benzene rings is 2. The molecule has 8 nitrogen and oxygen atoms in total. The van der Waals surface area contributed by atoms with Crippen LogP contribution in [0, 0.1) is 21.4 Å². The lowest BCUT2D eigenvalue weighted by Crippen LogP contribution is -2.03. The number of anilines is 2. The number of non-ortho nitro benzene ring substituents is 1. The van der Waals surface area contributed by atoms with E-state index in [2.05, 4.69) is 20.1 Å². The number of hydrogen-bond donors (Lipinski definition) is 1. The first kappa shape index (κ1) is 17.7. The van der Waals surface area contributed by atoms with E-state index in [-0.39, 0.29) is 11.3 Å². The van der Waals surface area contributed by atoms with Crippen molar-refractivity contribution < 1.29 is 4.92 Å². The van der Waals surface area contributed by atoms with Gasteiger partial charge in [0.2, 0.25) is 0 Å². The molecule has 0 amide bonds. The molecule has 0 bridgehead atoms. The molecule has 0 fully saturated rings. The van der Waals surface area contributed by atoms with Crippen LogP contribution in [0.15, 0.2) is 42.5 Å². The van der Waals surface area contributed by atoms with Gasteiger partial charge in [-0.15, -0.1) is 10.2 Å². The van der Waals surface area contributed by atoms with E-state index >= 15 is 0 Å².